The van der Waals surface area contributed by atoms with Crippen molar-refractivity contribution in [3.8, 4) is 0 Å². The maximum Gasteiger partial charge on any atom is 0.408 e. The first kappa shape index (κ1) is 16.3. The van der Waals surface area contributed by atoms with Gasteiger partial charge in [0.15, 0.2) is 5.82 Å². The Hall–Kier alpha value is -2.52. The van der Waals surface area contributed by atoms with Gasteiger partial charge in [-0.1, -0.05) is 0 Å². The Morgan fingerprint density at radius 1 is 1.38 bits per heavy atom. The van der Waals surface area contributed by atoms with Gasteiger partial charge in [0.1, 0.15) is 12.4 Å². The summed E-state index contributed by atoms with van der Waals surface area (Å²) in [7, 11) is 0. The number of rotatable bonds is 5. The van der Waals surface area contributed by atoms with Crippen LogP contribution in [-0.2, 0) is 6.54 Å². The van der Waals surface area contributed by atoms with E-state index in [2.05, 4.69) is 20.8 Å². The molecule has 1 fully saturated rings. The number of halogens is 3. The van der Waals surface area contributed by atoms with Crippen molar-refractivity contribution in [2.45, 2.75) is 38.5 Å². The van der Waals surface area contributed by atoms with Crippen molar-refractivity contribution in [2.24, 2.45) is 5.92 Å². The molecule has 1 aliphatic carbocycles. The molecule has 0 spiro atoms. The normalized spacial score (nSPS) is 16.0. The first-order chi connectivity index (χ1) is 11.3. The van der Waals surface area contributed by atoms with E-state index >= 15 is 0 Å². The molecule has 3 rings (SSSR count). The number of hydrogen-bond donors (Lipinski definition) is 2. The van der Waals surface area contributed by atoms with E-state index in [0.29, 0.717) is 11.7 Å². The van der Waals surface area contributed by atoms with E-state index in [1.54, 1.807) is 16.9 Å². The summed E-state index contributed by atoms with van der Waals surface area (Å²) in [5, 5.41) is 12.9. The molecule has 1 atom stereocenters. The van der Waals surface area contributed by atoms with Gasteiger partial charge in [0.2, 0.25) is 0 Å². The number of urea groups is 1. The average Bonchev–Trinajstić information content (AvgIpc) is 3.09. The molecule has 10 heteroatoms. The maximum absolute atomic E-state index is 12.3. The molecular weight excluding hydrogens is 325 g/mol. The van der Waals surface area contributed by atoms with Crippen molar-refractivity contribution < 1.29 is 18.0 Å². The minimum atomic E-state index is -4.36. The molecule has 0 aliphatic heterocycles. The summed E-state index contributed by atoms with van der Waals surface area (Å²) in [4.78, 5) is 12.0. The van der Waals surface area contributed by atoms with Crippen molar-refractivity contribution in [3.05, 3.63) is 24.5 Å². The molecule has 2 aromatic rings. The summed E-state index contributed by atoms with van der Waals surface area (Å²) < 4.78 is 39.3. The number of anilines is 2. The summed E-state index contributed by atoms with van der Waals surface area (Å²) >= 11 is 0. The van der Waals surface area contributed by atoms with E-state index in [-0.39, 0.29) is 11.9 Å². The predicted molar refractivity (Wildman–Crippen MR) is 80.6 cm³/mol. The Bertz CT molecular complexity index is 718. The molecule has 0 aromatic carbocycles. The third kappa shape index (κ3) is 4.06. The van der Waals surface area contributed by atoms with Gasteiger partial charge in [-0.2, -0.15) is 23.4 Å². The minimum absolute atomic E-state index is 0.0399. The van der Waals surface area contributed by atoms with Gasteiger partial charge in [-0.15, -0.1) is 0 Å². The SMILES string of the molecule is C[C@H](C1CC1)n1nccc1NC(=O)Nc1ccn(CC(F)(F)F)n1. The number of carbonyl (C=O) groups excluding carboxylic acids is 1. The monoisotopic (exact) mass is 342 g/mol. The topological polar surface area (TPSA) is 76.8 Å². The van der Waals surface area contributed by atoms with Crippen molar-refractivity contribution in [1.29, 1.82) is 0 Å². The zero-order chi connectivity index (χ0) is 17.3. The van der Waals surface area contributed by atoms with Crippen LogP contribution < -0.4 is 10.6 Å². The molecular formula is C14H17F3N6O. The highest BCUT2D eigenvalue weighted by molar-refractivity contribution is 5.98. The van der Waals surface area contributed by atoms with Crippen molar-refractivity contribution in [2.75, 3.05) is 10.6 Å². The van der Waals surface area contributed by atoms with Crippen LogP contribution in [0.1, 0.15) is 25.8 Å². The minimum Gasteiger partial charge on any atom is -0.292 e. The van der Waals surface area contributed by atoms with Crippen molar-refractivity contribution >= 4 is 17.7 Å². The highest BCUT2D eigenvalue weighted by Gasteiger charge is 2.31. The Labute approximate surface area is 135 Å². The van der Waals surface area contributed by atoms with E-state index in [1.165, 1.54) is 6.07 Å². The Morgan fingerprint density at radius 3 is 2.79 bits per heavy atom. The van der Waals surface area contributed by atoms with Gasteiger partial charge in [-0.3, -0.25) is 15.3 Å². The summed E-state index contributed by atoms with van der Waals surface area (Å²) in [5.74, 6) is 1.13. The van der Waals surface area contributed by atoms with Crippen molar-refractivity contribution in [1.82, 2.24) is 19.6 Å². The molecule has 0 radical (unpaired) electrons. The number of alkyl halides is 3. The molecule has 7 nitrogen and oxygen atoms in total. The van der Waals surface area contributed by atoms with Gasteiger partial charge in [-0.05, 0) is 25.7 Å². The number of aromatic nitrogens is 4. The Balaban J connectivity index is 1.59. The standard InChI is InChI=1S/C14H17F3N6O/c1-9(10-2-3-10)23-12(4-6-18-23)20-13(24)19-11-5-7-22(21-11)8-14(15,16)17/h4-7,9-10H,2-3,8H2,1H3,(H2,19,20,21,24)/t9-/m1/s1. The number of nitrogens with zero attached hydrogens (tertiary/aromatic N) is 4. The highest BCUT2D eigenvalue weighted by Crippen LogP contribution is 2.40. The quantitative estimate of drug-likeness (QED) is 0.876. The number of nitrogens with one attached hydrogen (secondary N) is 2. The first-order valence-electron chi connectivity index (χ1n) is 7.53. The number of hydrogen-bond acceptors (Lipinski definition) is 3. The predicted octanol–water partition coefficient (Wildman–Crippen LogP) is 3.26. The third-order valence-corrected chi connectivity index (χ3v) is 3.83. The van der Waals surface area contributed by atoms with Crippen LogP contribution in [0.15, 0.2) is 24.5 Å². The number of carbonyl (C=O) groups is 1. The first-order valence-corrected chi connectivity index (χ1v) is 7.53. The lowest BCUT2D eigenvalue weighted by Crippen LogP contribution is -2.23. The molecule has 0 bridgehead atoms. The van der Waals surface area contributed by atoms with Gasteiger partial charge >= 0.3 is 12.2 Å². The van der Waals surface area contributed by atoms with Gasteiger partial charge in [0, 0.05) is 18.3 Å². The molecule has 0 saturated heterocycles. The summed E-state index contributed by atoms with van der Waals surface area (Å²) in [6.07, 6.45) is 0.665. The molecule has 24 heavy (non-hydrogen) atoms. The molecule has 130 valence electrons. The van der Waals surface area contributed by atoms with E-state index in [0.717, 1.165) is 23.7 Å². The van der Waals surface area contributed by atoms with Crippen LogP contribution in [0.2, 0.25) is 0 Å². The zero-order valence-electron chi connectivity index (χ0n) is 12.9. The van der Waals surface area contributed by atoms with Crippen LogP contribution in [0, 0.1) is 5.92 Å². The van der Waals surface area contributed by atoms with Gasteiger partial charge in [0.05, 0.1) is 12.2 Å². The van der Waals surface area contributed by atoms with Crippen LogP contribution in [-0.4, -0.2) is 31.8 Å². The molecule has 1 aliphatic rings. The Kier molecular flexibility index (Phi) is 4.20. The van der Waals surface area contributed by atoms with Crippen molar-refractivity contribution in [3.63, 3.8) is 0 Å². The summed E-state index contributed by atoms with van der Waals surface area (Å²) in [6.45, 7) is 0.828. The Morgan fingerprint density at radius 2 is 2.12 bits per heavy atom. The van der Waals surface area contributed by atoms with Crippen LogP contribution in [0.4, 0.5) is 29.6 Å². The molecule has 2 heterocycles. The smallest absolute Gasteiger partial charge is 0.292 e. The van der Waals surface area contributed by atoms with E-state index in [4.69, 9.17) is 0 Å². The third-order valence-electron chi connectivity index (χ3n) is 3.83. The lowest BCUT2D eigenvalue weighted by atomic mass is 10.2. The number of amides is 2. The highest BCUT2D eigenvalue weighted by atomic mass is 19.4. The van der Waals surface area contributed by atoms with Gasteiger partial charge in [-0.25, -0.2) is 9.48 Å². The average molecular weight is 342 g/mol. The second-order valence-corrected chi connectivity index (χ2v) is 5.83. The zero-order valence-corrected chi connectivity index (χ0v) is 12.9. The lowest BCUT2D eigenvalue weighted by molar-refractivity contribution is -0.142. The van der Waals surface area contributed by atoms with Crippen LogP contribution >= 0.6 is 0 Å². The molecule has 1 saturated carbocycles. The molecule has 2 aromatic heterocycles. The van der Waals surface area contributed by atoms with Crippen LogP contribution in [0.5, 0.6) is 0 Å². The maximum atomic E-state index is 12.3. The fraction of sp³-hybridized carbons (Fsp3) is 0.500. The van der Waals surface area contributed by atoms with Crippen LogP contribution in [0.25, 0.3) is 0 Å². The molecule has 2 amide bonds. The van der Waals surface area contributed by atoms with Gasteiger partial charge < -0.3 is 0 Å². The van der Waals surface area contributed by atoms with Gasteiger partial charge in [0.25, 0.3) is 0 Å². The largest absolute Gasteiger partial charge is 0.408 e. The fourth-order valence-corrected chi connectivity index (χ4v) is 2.48. The fourth-order valence-electron chi connectivity index (χ4n) is 2.48. The second-order valence-electron chi connectivity index (χ2n) is 5.83. The van der Waals surface area contributed by atoms with E-state index in [9.17, 15) is 18.0 Å². The lowest BCUT2D eigenvalue weighted by Gasteiger charge is -2.15. The summed E-state index contributed by atoms with van der Waals surface area (Å²) in [5.41, 5.74) is 0. The van der Waals surface area contributed by atoms with E-state index in [1.807, 2.05) is 6.92 Å². The van der Waals surface area contributed by atoms with Crippen LogP contribution in [0.3, 0.4) is 0 Å². The molecule has 2 N–H and O–H groups in total. The molecule has 0 unspecified atom stereocenters. The van der Waals surface area contributed by atoms with E-state index < -0.39 is 18.8 Å². The second kappa shape index (κ2) is 6.17. The summed E-state index contributed by atoms with van der Waals surface area (Å²) in [6, 6.07) is 2.56.